The molecule has 0 radical (unpaired) electrons. The van der Waals surface area contributed by atoms with E-state index < -0.39 is 39.5 Å². The highest BCUT2D eigenvalue weighted by Crippen LogP contribution is 2.32. The lowest BCUT2D eigenvalue weighted by molar-refractivity contribution is -0.118. The van der Waals surface area contributed by atoms with Crippen LogP contribution in [0.5, 0.6) is 11.5 Å². The summed E-state index contributed by atoms with van der Waals surface area (Å²) in [7, 11) is -4.09. The molecule has 8 nitrogen and oxygen atoms in total. The topological polar surface area (TPSA) is 107 Å². The zero-order valence-electron chi connectivity index (χ0n) is 17.7. The second-order valence-electron chi connectivity index (χ2n) is 7.74. The van der Waals surface area contributed by atoms with Gasteiger partial charge in [0.05, 0.1) is 28.3 Å². The van der Waals surface area contributed by atoms with Crippen molar-refractivity contribution in [1.29, 1.82) is 0 Å². The van der Waals surface area contributed by atoms with Crippen LogP contribution in [0.3, 0.4) is 0 Å². The lowest BCUT2D eigenvalue weighted by Crippen LogP contribution is -2.47. The number of anilines is 1. The Balaban J connectivity index is 1.54. The number of carbonyl (C=O) groups is 1. The van der Waals surface area contributed by atoms with E-state index in [-0.39, 0.29) is 15.5 Å². The van der Waals surface area contributed by atoms with Gasteiger partial charge in [-0.05, 0) is 24.1 Å². The minimum Gasteiger partial charge on any atom is -0.490 e. The summed E-state index contributed by atoms with van der Waals surface area (Å²) >= 11 is 0.952. The number of nitrogens with zero attached hydrogens (tertiary/aromatic N) is 1. The Morgan fingerprint density at radius 3 is 2.52 bits per heavy atom. The van der Waals surface area contributed by atoms with Crippen molar-refractivity contribution in [2.24, 2.45) is 5.92 Å². The molecule has 0 saturated heterocycles. The first-order valence-electron chi connectivity index (χ1n) is 10.1. The fraction of sp³-hybridized carbons (Fsp3) is 0.333. The van der Waals surface area contributed by atoms with Crippen molar-refractivity contribution < 1.29 is 31.5 Å². The van der Waals surface area contributed by atoms with Gasteiger partial charge in [0, 0.05) is 18.6 Å². The number of rotatable bonds is 6. The van der Waals surface area contributed by atoms with Crippen molar-refractivity contribution in [2.75, 3.05) is 18.5 Å². The summed E-state index contributed by atoms with van der Waals surface area (Å²) in [5.74, 6) is -2.36. The number of sulfonamides is 1. The maximum absolute atomic E-state index is 13.5. The molecule has 0 spiro atoms. The molecule has 12 heteroatoms. The van der Waals surface area contributed by atoms with Crippen LogP contribution in [0, 0.1) is 17.6 Å². The van der Waals surface area contributed by atoms with E-state index in [1.165, 1.54) is 18.2 Å². The van der Waals surface area contributed by atoms with Gasteiger partial charge in [0.15, 0.2) is 28.3 Å². The summed E-state index contributed by atoms with van der Waals surface area (Å²) in [4.78, 5) is 16.9. The molecule has 1 atom stereocenters. The van der Waals surface area contributed by atoms with Crippen LogP contribution in [0.2, 0.25) is 0 Å². The summed E-state index contributed by atoms with van der Waals surface area (Å²) < 4.78 is 66.8. The van der Waals surface area contributed by atoms with Crippen molar-refractivity contribution in [2.45, 2.75) is 31.2 Å². The highest BCUT2D eigenvalue weighted by atomic mass is 32.2. The molecule has 1 aliphatic heterocycles. The van der Waals surface area contributed by atoms with Crippen molar-refractivity contribution in [3.05, 3.63) is 42.0 Å². The van der Waals surface area contributed by atoms with Gasteiger partial charge in [-0.1, -0.05) is 25.2 Å². The molecule has 0 saturated carbocycles. The van der Waals surface area contributed by atoms with Gasteiger partial charge in [0.25, 0.3) is 0 Å². The predicted octanol–water partition coefficient (Wildman–Crippen LogP) is 3.68. The Labute approximate surface area is 193 Å². The highest BCUT2D eigenvalue weighted by Gasteiger charge is 2.30. The summed E-state index contributed by atoms with van der Waals surface area (Å²) in [6, 6.07) is 5.04. The first-order chi connectivity index (χ1) is 15.6. The quantitative estimate of drug-likeness (QED) is 0.538. The van der Waals surface area contributed by atoms with Crippen LogP contribution in [0.25, 0.3) is 10.2 Å². The van der Waals surface area contributed by atoms with Gasteiger partial charge in [0.1, 0.15) is 6.04 Å². The maximum Gasteiger partial charge on any atom is 0.244 e. The molecule has 3 aromatic rings. The molecule has 1 amide bonds. The Bertz CT molecular complexity index is 1270. The average Bonchev–Trinajstić information content (AvgIpc) is 2.97. The number of ether oxygens (including phenoxy) is 2. The van der Waals surface area contributed by atoms with Gasteiger partial charge in [-0.2, -0.15) is 4.72 Å². The van der Waals surface area contributed by atoms with E-state index in [9.17, 15) is 22.0 Å². The van der Waals surface area contributed by atoms with Crippen molar-refractivity contribution >= 4 is 42.6 Å². The molecule has 0 aliphatic carbocycles. The molecule has 2 N–H and O–H groups in total. The summed E-state index contributed by atoms with van der Waals surface area (Å²) in [6.07, 6.45) is 0.676. The Kier molecular flexibility index (Phi) is 6.50. The van der Waals surface area contributed by atoms with Crippen LogP contribution in [-0.2, 0) is 14.8 Å². The van der Waals surface area contributed by atoms with Gasteiger partial charge >= 0.3 is 0 Å². The van der Waals surface area contributed by atoms with Crippen LogP contribution in [0.1, 0.15) is 20.3 Å². The van der Waals surface area contributed by atoms with E-state index in [2.05, 4.69) is 15.0 Å². The summed E-state index contributed by atoms with van der Waals surface area (Å²) in [5.41, 5.74) is 0.183. The Morgan fingerprint density at radius 1 is 1.09 bits per heavy atom. The molecule has 1 aliphatic rings. The molecular formula is C21H21F2N3O5S2. The standard InChI is InChI=1S/C21H21F2N3O5S2/c1-11(2)19(20(27)25-21-24-15-9-13(22)14(23)10-18(15)32-21)26-33(28,29)12-4-5-16-17(8-12)31-7-3-6-30-16/h4-5,8-11,19,26H,3,6-7H2,1-2H3,(H,24,25,27). The molecule has 176 valence electrons. The van der Waals surface area contributed by atoms with Gasteiger partial charge in [-0.25, -0.2) is 22.2 Å². The Morgan fingerprint density at radius 2 is 1.79 bits per heavy atom. The van der Waals surface area contributed by atoms with Crippen molar-refractivity contribution in [3.63, 3.8) is 0 Å². The largest absolute Gasteiger partial charge is 0.490 e. The third kappa shape index (κ3) is 5.07. The normalized spacial score (nSPS) is 14.8. The van der Waals surface area contributed by atoms with Crippen LogP contribution in [-0.4, -0.2) is 38.6 Å². The molecule has 33 heavy (non-hydrogen) atoms. The van der Waals surface area contributed by atoms with E-state index in [1.54, 1.807) is 13.8 Å². The first kappa shape index (κ1) is 23.3. The van der Waals surface area contributed by atoms with E-state index in [4.69, 9.17) is 9.47 Å². The fourth-order valence-electron chi connectivity index (χ4n) is 3.20. The van der Waals surface area contributed by atoms with Gasteiger partial charge in [-0.15, -0.1) is 0 Å². The van der Waals surface area contributed by atoms with Crippen molar-refractivity contribution in [1.82, 2.24) is 9.71 Å². The van der Waals surface area contributed by atoms with Crippen LogP contribution < -0.4 is 19.5 Å². The SMILES string of the molecule is CC(C)C(NS(=O)(=O)c1ccc2c(c1)OCCCO2)C(=O)Nc1nc2cc(F)c(F)cc2s1. The van der Waals surface area contributed by atoms with Crippen LogP contribution in [0.15, 0.2) is 35.2 Å². The zero-order chi connectivity index (χ0) is 23.8. The third-order valence-electron chi connectivity index (χ3n) is 4.92. The lowest BCUT2D eigenvalue weighted by atomic mass is 10.1. The summed E-state index contributed by atoms with van der Waals surface area (Å²) in [6.45, 7) is 4.24. The number of fused-ring (bicyclic) bond motifs is 2. The highest BCUT2D eigenvalue weighted by molar-refractivity contribution is 7.89. The monoisotopic (exact) mass is 497 g/mol. The number of benzene rings is 2. The minimum atomic E-state index is -4.09. The molecule has 1 aromatic heterocycles. The van der Waals surface area contributed by atoms with Gasteiger partial charge in [-0.3, -0.25) is 4.79 Å². The number of thiazole rings is 1. The lowest BCUT2D eigenvalue weighted by Gasteiger charge is -2.21. The molecule has 2 heterocycles. The van der Waals surface area contributed by atoms with Gasteiger partial charge in [0.2, 0.25) is 15.9 Å². The van der Waals surface area contributed by atoms with Crippen molar-refractivity contribution in [3.8, 4) is 11.5 Å². The predicted molar refractivity (Wildman–Crippen MR) is 119 cm³/mol. The van der Waals surface area contributed by atoms with E-state index in [0.29, 0.717) is 35.8 Å². The number of amides is 1. The first-order valence-corrected chi connectivity index (χ1v) is 12.4. The van der Waals surface area contributed by atoms with Crippen LogP contribution >= 0.6 is 11.3 Å². The van der Waals surface area contributed by atoms with Crippen LogP contribution in [0.4, 0.5) is 13.9 Å². The van der Waals surface area contributed by atoms with Gasteiger partial charge < -0.3 is 14.8 Å². The van der Waals surface area contributed by atoms with E-state index in [1.807, 2.05) is 0 Å². The average molecular weight is 498 g/mol. The fourth-order valence-corrected chi connectivity index (χ4v) is 5.43. The number of aromatic nitrogens is 1. The molecule has 0 fully saturated rings. The molecule has 0 bridgehead atoms. The Hall–Kier alpha value is -2.83. The third-order valence-corrected chi connectivity index (χ3v) is 7.29. The second kappa shape index (κ2) is 9.20. The number of carbonyl (C=O) groups excluding carboxylic acids is 1. The molecule has 2 aromatic carbocycles. The smallest absolute Gasteiger partial charge is 0.244 e. The number of halogens is 2. The van der Waals surface area contributed by atoms with E-state index in [0.717, 1.165) is 23.5 Å². The summed E-state index contributed by atoms with van der Waals surface area (Å²) in [5, 5.41) is 2.63. The molecular weight excluding hydrogens is 476 g/mol. The zero-order valence-corrected chi connectivity index (χ0v) is 19.4. The second-order valence-corrected chi connectivity index (χ2v) is 10.5. The number of hydrogen-bond acceptors (Lipinski definition) is 7. The van der Waals surface area contributed by atoms with E-state index >= 15 is 0 Å². The minimum absolute atomic E-state index is 0.0730. The molecule has 1 unspecified atom stereocenters. The molecule has 4 rings (SSSR count). The number of nitrogens with one attached hydrogen (secondary N) is 2. The number of hydrogen-bond donors (Lipinski definition) is 2. The maximum atomic E-state index is 13.5.